The molecule has 0 aliphatic carbocycles. The molecule has 0 radical (unpaired) electrons. The van der Waals surface area contributed by atoms with Crippen molar-refractivity contribution in [2.24, 2.45) is 0 Å². The minimum atomic E-state index is -2.10. The smallest absolute Gasteiger partial charge is 0.152 e. The van der Waals surface area contributed by atoms with Gasteiger partial charge in [0, 0.05) is 14.5 Å². The zero-order valence-corrected chi connectivity index (χ0v) is 11.4. The summed E-state index contributed by atoms with van der Waals surface area (Å²) in [5, 5.41) is 4.11. The predicted octanol–water partition coefficient (Wildman–Crippen LogP) is 2.89. The molecule has 0 aromatic carbocycles. The van der Waals surface area contributed by atoms with Crippen LogP contribution in [0.25, 0.3) is 0 Å². The van der Waals surface area contributed by atoms with Gasteiger partial charge in [-0.05, 0) is 10.8 Å². The van der Waals surface area contributed by atoms with Crippen molar-refractivity contribution in [2.45, 2.75) is 0 Å². The summed E-state index contributed by atoms with van der Waals surface area (Å²) in [4.78, 5) is 0. The Morgan fingerprint density at radius 3 is 1.86 bits per heavy atom. The summed E-state index contributed by atoms with van der Waals surface area (Å²) in [5.41, 5.74) is 0.537. The first kappa shape index (κ1) is 10.7. The van der Waals surface area contributed by atoms with Crippen molar-refractivity contribution in [1.29, 1.82) is 0 Å². The van der Waals surface area contributed by atoms with E-state index in [1.165, 1.54) is 9.00 Å². The van der Waals surface area contributed by atoms with Gasteiger partial charge in [-0.2, -0.15) is 33.8 Å². The monoisotopic (exact) mass is 278 g/mol. The van der Waals surface area contributed by atoms with Crippen molar-refractivity contribution < 1.29 is 0 Å². The van der Waals surface area contributed by atoms with Crippen molar-refractivity contribution in [3.63, 3.8) is 0 Å². The highest BCUT2D eigenvalue weighted by Crippen LogP contribution is 2.17. The highest BCUT2D eigenvalue weighted by atomic mass is 35.6. The summed E-state index contributed by atoms with van der Waals surface area (Å²) in [6.45, 7) is 0. The zero-order valence-electron chi connectivity index (χ0n) is 7.24. The lowest BCUT2D eigenvalue weighted by molar-refractivity contribution is 1.94. The van der Waals surface area contributed by atoms with Crippen LogP contribution in [0.1, 0.15) is 0 Å². The second-order valence-corrected chi connectivity index (χ2v) is 11.2. The highest BCUT2D eigenvalue weighted by Gasteiger charge is 2.36. The van der Waals surface area contributed by atoms with E-state index in [1.54, 1.807) is 22.7 Å². The van der Waals surface area contributed by atoms with Crippen LogP contribution < -0.4 is 9.00 Å². The molecule has 14 heavy (non-hydrogen) atoms. The first-order valence-electron chi connectivity index (χ1n) is 4.10. The third kappa shape index (κ3) is 1.79. The van der Waals surface area contributed by atoms with Gasteiger partial charge in [0.15, 0.2) is 0 Å². The standard InChI is InChI=1S/C9H8Cl2S2Si/c10-7-14(11,8-3-1-5-12-8)9-4-2-6-13-9/h1-6H,7H2. The maximum atomic E-state index is 6.68. The number of thiophene rings is 2. The predicted molar refractivity (Wildman–Crippen MR) is 70.2 cm³/mol. The largest absolute Gasteiger partial charge is 0.251 e. The third-order valence-electron chi connectivity index (χ3n) is 2.01. The van der Waals surface area contributed by atoms with Gasteiger partial charge >= 0.3 is 0 Å². The SMILES string of the molecule is ClC[Si](Cl)(c1cccs1)c1cccs1. The first-order chi connectivity index (χ1) is 6.77. The fourth-order valence-electron chi connectivity index (χ4n) is 1.26. The number of halogens is 2. The Morgan fingerprint density at radius 2 is 1.57 bits per heavy atom. The van der Waals surface area contributed by atoms with E-state index >= 15 is 0 Å². The van der Waals surface area contributed by atoms with Crippen LogP contribution in [0.4, 0.5) is 0 Å². The van der Waals surface area contributed by atoms with Gasteiger partial charge in [-0.3, -0.25) is 0 Å². The molecule has 2 rings (SSSR count). The molecular weight excluding hydrogens is 271 g/mol. The van der Waals surface area contributed by atoms with E-state index in [0.717, 1.165) is 0 Å². The molecule has 0 atom stereocenters. The lowest BCUT2D eigenvalue weighted by Crippen LogP contribution is -2.53. The highest BCUT2D eigenvalue weighted by molar-refractivity contribution is 7.50. The van der Waals surface area contributed by atoms with Gasteiger partial charge in [-0.1, -0.05) is 24.3 Å². The quantitative estimate of drug-likeness (QED) is 0.460. The van der Waals surface area contributed by atoms with Crippen LogP contribution >= 0.6 is 45.4 Å². The molecule has 5 heteroatoms. The van der Waals surface area contributed by atoms with Crippen LogP contribution in [-0.4, -0.2) is 12.9 Å². The Kier molecular flexibility index (Phi) is 3.34. The molecule has 0 aliphatic heterocycles. The van der Waals surface area contributed by atoms with Crippen LogP contribution in [0.5, 0.6) is 0 Å². The third-order valence-corrected chi connectivity index (χ3v) is 12.3. The van der Waals surface area contributed by atoms with E-state index in [1.807, 2.05) is 12.1 Å². The van der Waals surface area contributed by atoms with E-state index in [9.17, 15) is 0 Å². The molecule has 0 saturated carbocycles. The normalized spacial score (nSPS) is 11.9. The van der Waals surface area contributed by atoms with E-state index < -0.39 is 7.38 Å². The van der Waals surface area contributed by atoms with Crippen LogP contribution in [0.15, 0.2) is 35.0 Å². The zero-order chi connectivity index (χ0) is 10.0. The summed E-state index contributed by atoms with van der Waals surface area (Å²) >= 11 is 16.1. The van der Waals surface area contributed by atoms with Crippen molar-refractivity contribution in [3.05, 3.63) is 35.0 Å². The molecule has 0 bridgehead atoms. The van der Waals surface area contributed by atoms with Gasteiger partial charge in [0.2, 0.25) is 0 Å². The first-order valence-corrected chi connectivity index (χ1v) is 9.61. The molecule has 0 unspecified atom stereocenters. The van der Waals surface area contributed by atoms with Crippen LogP contribution in [0.2, 0.25) is 0 Å². The molecule has 0 spiro atoms. The molecule has 2 heterocycles. The van der Waals surface area contributed by atoms with E-state index in [-0.39, 0.29) is 0 Å². The molecule has 0 fully saturated rings. The lowest BCUT2D eigenvalue weighted by atomic mass is 10.7. The molecule has 74 valence electrons. The average Bonchev–Trinajstić information content (AvgIpc) is 2.88. The van der Waals surface area contributed by atoms with Gasteiger partial charge in [0.1, 0.15) is 0 Å². The molecule has 0 N–H and O–H groups in total. The fourth-order valence-corrected chi connectivity index (χ4v) is 9.12. The Morgan fingerprint density at radius 1 is 1.07 bits per heavy atom. The lowest BCUT2D eigenvalue weighted by Gasteiger charge is -2.18. The minimum absolute atomic E-state index is 0.537. The van der Waals surface area contributed by atoms with Crippen molar-refractivity contribution in [3.8, 4) is 0 Å². The second-order valence-electron chi connectivity index (χ2n) is 2.89. The molecule has 0 nitrogen and oxygen atoms in total. The van der Waals surface area contributed by atoms with Gasteiger partial charge < -0.3 is 0 Å². The van der Waals surface area contributed by atoms with Gasteiger partial charge in [-0.25, -0.2) is 0 Å². The summed E-state index contributed by atoms with van der Waals surface area (Å²) in [5.74, 6) is 0. The molecule has 2 aromatic heterocycles. The number of alkyl halides is 1. The van der Waals surface area contributed by atoms with Crippen molar-refractivity contribution in [1.82, 2.24) is 0 Å². The van der Waals surface area contributed by atoms with Crippen molar-refractivity contribution in [2.75, 3.05) is 5.50 Å². The van der Waals surface area contributed by atoms with E-state index in [4.69, 9.17) is 22.7 Å². The van der Waals surface area contributed by atoms with E-state index in [0.29, 0.717) is 5.50 Å². The Labute approximate surface area is 102 Å². The maximum absolute atomic E-state index is 6.68. The number of hydrogen-bond acceptors (Lipinski definition) is 2. The second kappa shape index (κ2) is 4.37. The molecule has 0 amide bonds. The average molecular weight is 279 g/mol. The molecule has 2 aromatic rings. The van der Waals surface area contributed by atoms with Gasteiger partial charge in [0.05, 0.1) is 0 Å². The number of rotatable bonds is 3. The Balaban J connectivity index is 2.45. The summed E-state index contributed by atoms with van der Waals surface area (Å²) in [7, 11) is -2.10. The van der Waals surface area contributed by atoms with Crippen LogP contribution in [0, 0.1) is 0 Å². The molecule has 0 aliphatic rings. The van der Waals surface area contributed by atoms with Crippen LogP contribution in [-0.2, 0) is 0 Å². The molecule has 0 saturated heterocycles. The summed E-state index contributed by atoms with van der Waals surface area (Å²) < 4.78 is 2.49. The van der Waals surface area contributed by atoms with Crippen molar-refractivity contribution >= 4 is 61.7 Å². The fraction of sp³-hybridized carbons (Fsp3) is 0.111. The van der Waals surface area contributed by atoms with Gasteiger partial charge in [0.25, 0.3) is 7.38 Å². The maximum Gasteiger partial charge on any atom is 0.251 e. The minimum Gasteiger partial charge on any atom is -0.152 e. The van der Waals surface area contributed by atoms with Gasteiger partial charge in [-0.15, -0.1) is 11.6 Å². The Hall–Kier alpha value is 0.197. The summed E-state index contributed by atoms with van der Waals surface area (Å²) in [6.07, 6.45) is 0. The summed E-state index contributed by atoms with van der Waals surface area (Å²) in [6, 6.07) is 8.24. The molecular formula is C9H8Cl2S2Si. The Bertz CT molecular complexity index is 349. The van der Waals surface area contributed by atoms with Crippen LogP contribution in [0.3, 0.4) is 0 Å². The topological polar surface area (TPSA) is 0 Å². The number of hydrogen-bond donors (Lipinski definition) is 0. The van der Waals surface area contributed by atoms with E-state index in [2.05, 4.69) is 22.9 Å².